The van der Waals surface area contributed by atoms with Crippen molar-refractivity contribution in [3.63, 3.8) is 0 Å². The van der Waals surface area contributed by atoms with E-state index in [1.54, 1.807) is 24.5 Å². The summed E-state index contributed by atoms with van der Waals surface area (Å²) in [7, 11) is 0. The maximum absolute atomic E-state index is 12.7. The molecule has 2 aliphatic rings. The zero-order chi connectivity index (χ0) is 20.6. The van der Waals surface area contributed by atoms with Gasteiger partial charge in [0.05, 0.1) is 23.9 Å². The summed E-state index contributed by atoms with van der Waals surface area (Å²) < 4.78 is 5.84. The quantitative estimate of drug-likeness (QED) is 0.861. The molecule has 1 N–H and O–H groups in total. The number of morpholine rings is 1. The molecule has 154 valence electrons. The van der Waals surface area contributed by atoms with Crippen LogP contribution in [0.3, 0.4) is 0 Å². The van der Waals surface area contributed by atoms with Gasteiger partial charge in [0, 0.05) is 42.8 Å². The van der Waals surface area contributed by atoms with Crippen LogP contribution in [-0.2, 0) is 11.2 Å². The average Bonchev–Trinajstić information content (AvgIpc) is 2.66. The summed E-state index contributed by atoms with van der Waals surface area (Å²) in [6.07, 6.45) is 7.19. The van der Waals surface area contributed by atoms with E-state index in [-0.39, 0.29) is 29.6 Å². The highest BCUT2D eigenvalue weighted by Gasteiger charge is 2.35. The lowest BCUT2D eigenvalue weighted by atomic mass is 9.74. The van der Waals surface area contributed by atoms with Crippen molar-refractivity contribution in [2.75, 3.05) is 18.0 Å². The number of hydrogen-bond acceptors (Lipinski definition) is 6. The first-order valence-electron chi connectivity index (χ1n) is 10.3. The number of carbonyl (C=O) groups excluding carboxylic acids is 1. The van der Waals surface area contributed by atoms with Crippen LogP contribution >= 0.6 is 0 Å². The van der Waals surface area contributed by atoms with Crippen molar-refractivity contribution < 1.29 is 9.53 Å². The maximum atomic E-state index is 12.7. The molecule has 1 aliphatic carbocycles. The predicted molar refractivity (Wildman–Crippen MR) is 111 cm³/mol. The van der Waals surface area contributed by atoms with E-state index in [4.69, 9.17) is 9.72 Å². The number of fused-ring (bicyclic) bond motifs is 1. The monoisotopic (exact) mass is 395 g/mol. The van der Waals surface area contributed by atoms with Gasteiger partial charge in [0.25, 0.3) is 5.91 Å². The number of ether oxygens (including phenoxy) is 1. The van der Waals surface area contributed by atoms with Crippen molar-refractivity contribution in [3.05, 3.63) is 47.5 Å². The topological polar surface area (TPSA) is 80.2 Å². The second-order valence-corrected chi connectivity index (χ2v) is 9.04. The van der Waals surface area contributed by atoms with Crippen LogP contribution < -0.4 is 10.2 Å². The van der Waals surface area contributed by atoms with Crippen molar-refractivity contribution >= 4 is 11.9 Å². The number of anilines is 1. The largest absolute Gasteiger partial charge is 0.372 e. The van der Waals surface area contributed by atoms with Gasteiger partial charge in [-0.25, -0.2) is 9.97 Å². The van der Waals surface area contributed by atoms with E-state index in [0.29, 0.717) is 5.56 Å². The standard InChI is InChI=1S/C22H29N5O2/c1-14-12-27(13-15(2)29-14)21-24-11-17-18(9-22(3,4)10-19(17)26-21)25-20(28)16-5-7-23-8-6-16/h5-8,11,14-15,18H,9-10,12-13H2,1-4H3,(H,25,28). The second kappa shape index (κ2) is 7.71. The molecule has 0 aromatic carbocycles. The van der Waals surface area contributed by atoms with Crippen molar-refractivity contribution in [1.29, 1.82) is 0 Å². The van der Waals surface area contributed by atoms with Gasteiger partial charge < -0.3 is 15.0 Å². The highest BCUT2D eigenvalue weighted by Crippen LogP contribution is 2.40. The molecule has 1 amide bonds. The van der Waals surface area contributed by atoms with E-state index in [2.05, 4.69) is 47.9 Å². The molecular weight excluding hydrogens is 366 g/mol. The fraction of sp³-hybridized carbons (Fsp3) is 0.545. The SMILES string of the molecule is CC1CN(c2ncc3c(n2)CC(C)(C)CC3NC(=O)c2ccncc2)CC(C)O1. The minimum Gasteiger partial charge on any atom is -0.372 e. The van der Waals surface area contributed by atoms with Crippen molar-refractivity contribution in [3.8, 4) is 0 Å². The number of nitrogens with one attached hydrogen (secondary N) is 1. The van der Waals surface area contributed by atoms with E-state index >= 15 is 0 Å². The van der Waals surface area contributed by atoms with Gasteiger partial charge in [0.2, 0.25) is 5.95 Å². The Morgan fingerprint density at radius 2 is 1.90 bits per heavy atom. The average molecular weight is 396 g/mol. The van der Waals surface area contributed by atoms with Gasteiger partial charge in [0.1, 0.15) is 0 Å². The molecule has 2 aromatic rings. The van der Waals surface area contributed by atoms with Gasteiger partial charge in [0.15, 0.2) is 0 Å². The first kappa shape index (κ1) is 19.8. The van der Waals surface area contributed by atoms with Gasteiger partial charge in [-0.1, -0.05) is 13.8 Å². The number of aromatic nitrogens is 3. The third kappa shape index (κ3) is 4.40. The lowest BCUT2D eigenvalue weighted by molar-refractivity contribution is -0.00575. The summed E-state index contributed by atoms with van der Waals surface area (Å²) in [5, 5.41) is 3.18. The summed E-state index contributed by atoms with van der Waals surface area (Å²) >= 11 is 0. The molecule has 2 aromatic heterocycles. The lowest BCUT2D eigenvalue weighted by Gasteiger charge is -2.38. The Morgan fingerprint density at radius 3 is 2.59 bits per heavy atom. The molecule has 0 bridgehead atoms. The first-order chi connectivity index (χ1) is 13.8. The minimum absolute atomic E-state index is 0.0421. The second-order valence-electron chi connectivity index (χ2n) is 9.04. The lowest BCUT2D eigenvalue weighted by Crippen LogP contribution is -2.46. The zero-order valence-corrected chi connectivity index (χ0v) is 17.6. The number of nitrogens with zero attached hydrogens (tertiary/aromatic N) is 4. The van der Waals surface area contributed by atoms with E-state index in [0.717, 1.165) is 43.1 Å². The molecule has 4 rings (SSSR count). The van der Waals surface area contributed by atoms with Crippen LogP contribution in [0.5, 0.6) is 0 Å². The Morgan fingerprint density at radius 1 is 1.21 bits per heavy atom. The van der Waals surface area contributed by atoms with Crippen LogP contribution in [-0.4, -0.2) is 46.2 Å². The van der Waals surface area contributed by atoms with Crippen molar-refractivity contribution in [2.24, 2.45) is 5.41 Å². The molecule has 3 atom stereocenters. The van der Waals surface area contributed by atoms with Crippen molar-refractivity contribution in [2.45, 2.75) is 58.8 Å². The molecule has 0 saturated carbocycles. The van der Waals surface area contributed by atoms with Gasteiger partial charge in [-0.2, -0.15) is 0 Å². The summed E-state index contributed by atoms with van der Waals surface area (Å²) in [4.78, 5) is 28.5. The van der Waals surface area contributed by atoms with E-state index in [1.165, 1.54) is 0 Å². The number of hydrogen-bond donors (Lipinski definition) is 1. The first-order valence-corrected chi connectivity index (χ1v) is 10.3. The van der Waals surface area contributed by atoms with Crippen molar-refractivity contribution in [1.82, 2.24) is 20.3 Å². The molecular formula is C22H29N5O2. The Kier molecular flexibility index (Phi) is 5.25. The molecule has 3 heterocycles. The van der Waals surface area contributed by atoms with Crippen LogP contribution in [0.15, 0.2) is 30.7 Å². The zero-order valence-electron chi connectivity index (χ0n) is 17.6. The van der Waals surface area contributed by atoms with Gasteiger partial charge in [-0.3, -0.25) is 9.78 Å². The fourth-order valence-corrected chi connectivity index (χ4v) is 4.40. The van der Waals surface area contributed by atoms with Crippen LogP contribution in [0, 0.1) is 5.41 Å². The van der Waals surface area contributed by atoms with E-state index < -0.39 is 0 Å². The molecule has 29 heavy (non-hydrogen) atoms. The third-order valence-corrected chi connectivity index (χ3v) is 5.62. The molecule has 0 radical (unpaired) electrons. The smallest absolute Gasteiger partial charge is 0.251 e. The number of carbonyl (C=O) groups is 1. The summed E-state index contributed by atoms with van der Waals surface area (Å²) in [6, 6.07) is 3.35. The molecule has 7 heteroatoms. The third-order valence-electron chi connectivity index (χ3n) is 5.62. The minimum atomic E-state index is -0.106. The van der Waals surface area contributed by atoms with Crippen LogP contribution in [0.25, 0.3) is 0 Å². The highest BCUT2D eigenvalue weighted by molar-refractivity contribution is 5.94. The number of rotatable bonds is 3. The highest BCUT2D eigenvalue weighted by atomic mass is 16.5. The predicted octanol–water partition coefficient (Wildman–Crippen LogP) is 2.93. The maximum Gasteiger partial charge on any atom is 0.251 e. The Bertz CT molecular complexity index is 876. The molecule has 1 saturated heterocycles. The Balaban J connectivity index is 1.60. The van der Waals surface area contributed by atoms with E-state index in [1.807, 2.05) is 6.20 Å². The molecule has 7 nitrogen and oxygen atoms in total. The molecule has 1 fully saturated rings. The number of pyridine rings is 1. The van der Waals surface area contributed by atoms with Gasteiger partial charge >= 0.3 is 0 Å². The van der Waals surface area contributed by atoms with Gasteiger partial charge in [-0.15, -0.1) is 0 Å². The fourth-order valence-electron chi connectivity index (χ4n) is 4.40. The number of amides is 1. The summed E-state index contributed by atoms with van der Waals surface area (Å²) in [5.74, 6) is 0.656. The van der Waals surface area contributed by atoms with Gasteiger partial charge in [-0.05, 0) is 44.2 Å². The summed E-state index contributed by atoms with van der Waals surface area (Å²) in [5.41, 5.74) is 2.70. The molecule has 1 aliphatic heterocycles. The normalized spacial score (nSPS) is 25.9. The Hall–Kier alpha value is -2.54. The van der Waals surface area contributed by atoms with Crippen LogP contribution in [0.4, 0.5) is 5.95 Å². The summed E-state index contributed by atoms with van der Waals surface area (Å²) in [6.45, 7) is 10.2. The molecule has 3 unspecified atom stereocenters. The van der Waals surface area contributed by atoms with Crippen LogP contribution in [0.2, 0.25) is 0 Å². The molecule has 0 spiro atoms. The van der Waals surface area contributed by atoms with E-state index in [9.17, 15) is 4.79 Å². The Labute approximate surface area is 171 Å². The van der Waals surface area contributed by atoms with Crippen LogP contribution in [0.1, 0.15) is 61.8 Å².